The smallest absolute Gasteiger partial charge is 0.275 e. The number of hydrogen-bond acceptors (Lipinski definition) is 4. The van der Waals surface area contributed by atoms with Crippen LogP contribution in [0.4, 0.5) is 0 Å². The van der Waals surface area contributed by atoms with Gasteiger partial charge in [0.15, 0.2) is 0 Å². The lowest BCUT2D eigenvalue weighted by Crippen LogP contribution is -3.09. The minimum absolute atomic E-state index is 0.101. The molecular formula is C15H29N5O2. The van der Waals surface area contributed by atoms with Gasteiger partial charge in [-0.1, -0.05) is 0 Å². The summed E-state index contributed by atoms with van der Waals surface area (Å²) >= 11 is 0. The van der Waals surface area contributed by atoms with Crippen LogP contribution in [0.5, 0.6) is 0 Å². The van der Waals surface area contributed by atoms with E-state index in [0.29, 0.717) is 13.1 Å². The number of quaternary nitrogens is 1. The SMILES string of the molecule is [CH2-][NH+](CC(=O)N1CCN(C)CC1)CC(=O)N1CCN(C)CC1. The van der Waals surface area contributed by atoms with E-state index >= 15 is 0 Å². The van der Waals surface area contributed by atoms with Crippen LogP contribution in [0.2, 0.25) is 0 Å². The summed E-state index contributed by atoms with van der Waals surface area (Å²) in [5.41, 5.74) is 0. The number of amides is 2. The molecule has 0 saturated carbocycles. The molecule has 7 heteroatoms. The summed E-state index contributed by atoms with van der Waals surface area (Å²) in [7, 11) is 8.07. The number of rotatable bonds is 4. The molecule has 2 fully saturated rings. The van der Waals surface area contributed by atoms with Gasteiger partial charge in [-0.3, -0.25) is 9.59 Å². The molecule has 2 saturated heterocycles. The molecule has 2 rings (SSSR count). The van der Waals surface area contributed by atoms with Crippen molar-refractivity contribution in [3.8, 4) is 0 Å². The fourth-order valence-electron chi connectivity index (χ4n) is 2.83. The third kappa shape index (κ3) is 4.93. The maximum absolute atomic E-state index is 12.2. The molecule has 22 heavy (non-hydrogen) atoms. The maximum Gasteiger partial charge on any atom is 0.275 e. The summed E-state index contributed by atoms with van der Waals surface area (Å²) in [6, 6.07) is 0. The highest BCUT2D eigenvalue weighted by Crippen LogP contribution is 1.99. The van der Waals surface area contributed by atoms with E-state index in [1.165, 1.54) is 0 Å². The second kappa shape index (κ2) is 7.89. The zero-order valence-electron chi connectivity index (χ0n) is 13.9. The van der Waals surface area contributed by atoms with Gasteiger partial charge in [0.05, 0.1) is 0 Å². The van der Waals surface area contributed by atoms with Crippen LogP contribution in [0.25, 0.3) is 0 Å². The molecule has 2 aliphatic heterocycles. The van der Waals surface area contributed by atoms with Gasteiger partial charge >= 0.3 is 0 Å². The molecule has 0 aromatic carbocycles. The molecule has 2 heterocycles. The Morgan fingerprint density at radius 3 is 1.41 bits per heavy atom. The maximum atomic E-state index is 12.2. The quantitative estimate of drug-likeness (QED) is 0.571. The van der Waals surface area contributed by atoms with Crippen molar-refractivity contribution in [2.24, 2.45) is 0 Å². The van der Waals surface area contributed by atoms with E-state index in [1.807, 2.05) is 9.80 Å². The summed E-state index contributed by atoms with van der Waals surface area (Å²) in [6.45, 7) is 7.34. The van der Waals surface area contributed by atoms with Gasteiger partial charge < -0.3 is 24.5 Å². The van der Waals surface area contributed by atoms with E-state index in [1.54, 1.807) is 0 Å². The van der Waals surface area contributed by atoms with Gasteiger partial charge in [0, 0.05) is 52.4 Å². The molecule has 0 aromatic heterocycles. The van der Waals surface area contributed by atoms with Crippen molar-refractivity contribution in [1.82, 2.24) is 19.6 Å². The minimum atomic E-state index is 0.101. The molecule has 0 spiro atoms. The lowest BCUT2D eigenvalue weighted by molar-refractivity contribution is -0.836. The van der Waals surface area contributed by atoms with Gasteiger partial charge in [-0.2, -0.15) is 0 Å². The molecule has 2 amide bonds. The van der Waals surface area contributed by atoms with Crippen LogP contribution in [0, 0.1) is 7.05 Å². The summed E-state index contributed by atoms with van der Waals surface area (Å²) in [5, 5.41) is 0. The van der Waals surface area contributed by atoms with Crippen molar-refractivity contribution in [2.45, 2.75) is 0 Å². The van der Waals surface area contributed by atoms with Gasteiger partial charge in [-0.05, 0) is 14.1 Å². The molecule has 0 bridgehead atoms. The molecule has 0 aromatic rings. The van der Waals surface area contributed by atoms with Crippen LogP contribution in [-0.2, 0) is 9.59 Å². The third-order valence-electron chi connectivity index (χ3n) is 4.51. The number of carbonyl (C=O) groups excluding carboxylic acids is 2. The summed E-state index contributed by atoms with van der Waals surface area (Å²) in [6.07, 6.45) is 0. The van der Waals surface area contributed by atoms with Gasteiger partial charge in [-0.15, -0.1) is 7.05 Å². The van der Waals surface area contributed by atoms with Crippen molar-refractivity contribution >= 4 is 11.8 Å². The van der Waals surface area contributed by atoms with Crippen LogP contribution < -0.4 is 4.90 Å². The molecule has 0 atom stereocenters. The van der Waals surface area contributed by atoms with E-state index in [0.717, 1.165) is 57.3 Å². The first kappa shape index (κ1) is 17.2. The highest BCUT2D eigenvalue weighted by Gasteiger charge is 2.23. The summed E-state index contributed by atoms with van der Waals surface area (Å²) in [5.74, 6) is 0.202. The van der Waals surface area contributed by atoms with Crippen molar-refractivity contribution in [3.05, 3.63) is 7.05 Å². The standard InChI is InChI=1S/C15H29N5O2/c1-16-4-8-19(9-5-16)14(21)12-18(3)13-15(22)20-10-6-17(2)7-11-20/h18H,3-13H2,1-2H3. The predicted molar refractivity (Wildman–Crippen MR) is 84.2 cm³/mol. The summed E-state index contributed by atoms with van der Waals surface area (Å²) in [4.78, 5) is 33.4. The van der Waals surface area contributed by atoms with Crippen LogP contribution in [0.15, 0.2) is 0 Å². The van der Waals surface area contributed by atoms with Crippen molar-refractivity contribution in [1.29, 1.82) is 0 Å². The Bertz CT molecular complexity index is 351. The molecule has 1 N–H and O–H groups in total. The molecule has 2 aliphatic rings. The average molecular weight is 311 g/mol. The number of nitrogens with zero attached hydrogens (tertiary/aromatic N) is 4. The van der Waals surface area contributed by atoms with Crippen LogP contribution in [-0.4, -0.2) is 111 Å². The Morgan fingerprint density at radius 1 is 0.773 bits per heavy atom. The Balaban J connectivity index is 1.71. The van der Waals surface area contributed by atoms with E-state index in [-0.39, 0.29) is 11.8 Å². The average Bonchev–Trinajstić information content (AvgIpc) is 2.48. The molecule has 7 nitrogen and oxygen atoms in total. The molecule has 0 radical (unpaired) electrons. The Kier molecular flexibility index (Phi) is 6.16. The van der Waals surface area contributed by atoms with Gasteiger partial charge in [0.25, 0.3) is 11.8 Å². The Labute approximate surface area is 133 Å². The van der Waals surface area contributed by atoms with Crippen molar-refractivity contribution in [3.63, 3.8) is 0 Å². The third-order valence-corrected chi connectivity index (χ3v) is 4.51. The predicted octanol–water partition coefficient (Wildman–Crippen LogP) is -2.79. The Hall–Kier alpha value is -1.18. The first-order valence-corrected chi connectivity index (χ1v) is 8.05. The van der Waals surface area contributed by atoms with Crippen LogP contribution in [0.3, 0.4) is 0 Å². The highest BCUT2D eigenvalue weighted by atomic mass is 16.2. The normalized spacial score (nSPS) is 21.5. The highest BCUT2D eigenvalue weighted by molar-refractivity contribution is 5.79. The molecule has 0 unspecified atom stereocenters. The number of nitrogens with one attached hydrogen (secondary N) is 1. The molecule has 126 valence electrons. The van der Waals surface area contributed by atoms with Crippen molar-refractivity contribution in [2.75, 3.05) is 79.5 Å². The monoisotopic (exact) mass is 311 g/mol. The topological polar surface area (TPSA) is 51.5 Å². The number of hydrogen-bond donors (Lipinski definition) is 1. The lowest BCUT2D eigenvalue weighted by Gasteiger charge is -2.35. The molecular weight excluding hydrogens is 282 g/mol. The first-order chi connectivity index (χ1) is 10.5. The minimum Gasteiger partial charge on any atom is -0.452 e. The first-order valence-electron chi connectivity index (χ1n) is 8.05. The van der Waals surface area contributed by atoms with Crippen molar-refractivity contribution < 1.29 is 14.5 Å². The summed E-state index contributed by atoms with van der Waals surface area (Å²) < 4.78 is 0. The zero-order chi connectivity index (χ0) is 16.1. The Morgan fingerprint density at radius 2 is 1.09 bits per heavy atom. The van der Waals surface area contributed by atoms with E-state index < -0.39 is 0 Å². The van der Waals surface area contributed by atoms with Crippen LogP contribution >= 0.6 is 0 Å². The lowest BCUT2D eigenvalue weighted by atomic mass is 10.3. The number of piperazine rings is 2. The zero-order valence-corrected chi connectivity index (χ0v) is 13.9. The van der Waals surface area contributed by atoms with Gasteiger partial charge in [-0.25, -0.2) is 0 Å². The van der Waals surface area contributed by atoms with E-state index in [4.69, 9.17) is 0 Å². The van der Waals surface area contributed by atoms with Gasteiger partial charge in [0.1, 0.15) is 13.1 Å². The molecule has 0 aliphatic carbocycles. The fraction of sp³-hybridized carbons (Fsp3) is 0.800. The van der Waals surface area contributed by atoms with E-state index in [2.05, 4.69) is 30.9 Å². The number of carbonyl (C=O) groups is 2. The second-order valence-electron chi connectivity index (χ2n) is 6.47. The second-order valence-corrected chi connectivity index (χ2v) is 6.47. The van der Waals surface area contributed by atoms with Gasteiger partial charge in [0.2, 0.25) is 0 Å². The van der Waals surface area contributed by atoms with E-state index in [9.17, 15) is 9.59 Å². The largest absolute Gasteiger partial charge is 0.452 e. The fourth-order valence-corrected chi connectivity index (χ4v) is 2.83. The van der Waals surface area contributed by atoms with Crippen LogP contribution in [0.1, 0.15) is 0 Å². The number of likely N-dealkylation sites (N-methyl/N-ethyl adjacent to an activating group) is 2.